The Kier molecular flexibility index (Phi) is 4.93. The molecule has 3 aromatic carbocycles. The Labute approximate surface area is 206 Å². The van der Waals surface area contributed by atoms with Crippen molar-refractivity contribution in [2.75, 3.05) is 0 Å². The summed E-state index contributed by atoms with van der Waals surface area (Å²) < 4.78 is 12.8. The fourth-order valence-corrected chi connectivity index (χ4v) is 5.73. The molecule has 0 amide bonds. The summed E-state index contributed by atoms with van der Waals surface area (Å²) in [6.45, 7) is 13.5. The van der Waals surface area contributed by atoms with Crippen LogP contribution in [0.3, 0.4) is 0 Å². The minimum atomic E-state index is -0.00984. The van der Waals surface area contributed by atoms with E-state index in [0.717, 1.165) is 39.8 Å². The molecule has 4 nitrogen and oxygen atoms in total. The highest BCUT2D eigenvalue weighted by Gasteiger charge is 2.35. The first-order chi connectivity index (χ1) is 16.7. The number of benzene rings is 3. The number of rotatable bonds is 3. The smallest absolute Gasteiger partial charge is 0.231 e. The van der Waals surface area contributed by atoms with Crippen molar-refractivity contribution in [3.63, 3.8) is 0 Å². The summed E-state index contributed by atoms with van der Waals surface area (Å²) in [4.78, 5) is 9.33. The molecule has 6 rings (SSSR count). The van der Waals surface area contributed by atoms with Gasteiger partial charge in [-0.2, -0.15) is 0 Å². The van der Waals surface area contributed by atoms with Gasteiger partial charge in [0, 0.05) is 17.0 Å². The molecule has 0 radical (unpaired) electrons. The maximum atomic E-state index is 6.52. The minimum Gasteiger partial charge on any atom is -0.489 e. The molecule has 178 valence electrons. The van der Waals surface area contributed by atoms with Gasteiger partial charge in [-0.05, 0) is 59.2 Å². The number of furan rings is 1. The first kappa shape index (κ1) is 22.1. The molecule has 0 saturated carbocycles. The van der Waals surface area contributed by atoms with E-state index in [1.807, 2.05) is 0 Å². The van der Waals surface area contributed by atoms with E-state index >= 15 is 0 Å². The lowest BCUT2D eigenvalue weighted by molar-refractivity contribution is 0.215. The zero-order valence-electron chi connectivity index (χ0n) is 21.3. The van der Waals surface area contributed by atoms with Gasteiger partial charge < -0.3 is 9.15 Å². The average Bonchev–Trinajstić information content (AvgIpc) is 3.34. The number of hydrogen-bond donors (Lipinski definition) is 0. The number of hydrogen-bond acceptors (Lipinski definition) is 4. The van der Waals surface area contributed by atoms with Gasteiger partial charge in [-0.25, -0.2) is 9.97 Å². The van der Waals surface area contributed by atoms with Crippen LogP contribution in [0, 0.1) is 5.92 Å². The Bertz CT molecular complexity index is 1590. The topological polar surface area (TPSA) is 48.2 Å². The maximum absolute atomic E-state index is 6.52. The summed E-state index contributed by atoms with van der Waals surface area (Å²) >= 11 is 0. The van der Waals surface area contributed by atoms with Crippen molar-refractivity contribution >= 4 is 32.8 Å². The maximum Gasteiger partial charge on any atom is 0.231 e. The SMILES string of the molecule is CC(C)CC1c2ccc3oc4ncnc(-c5cc(C(C)(C)C)c6ccccc6c5)c4c3c2OC1C. The summed E-state index contributed by atoms with van der Waals surface area (Å²) in [5.74, 6) is 1.91. The van der Waals surface area contributed by atoms with Gasteiger partial charge in [0.2, 0.25) is 5.71 Å². The monoisotopic (exact) mass is 464 g/mol. The summed E-state index contributed by atoms with van der Waals surface area (Å²) in [6.07, 6.45) is 2.83. The number of nitrogens with zero attached hydrogens (tertiary/aromatic N) is 2. The molecule has 1 aliphatic rings. The number of aromatic nitrogens is 2. The van der Waals surface area contributed by atoms with Crippen LogP contribution in [0.15, 0.2) is 59.3 Å². The first-order valence-electron chi connectivity index (χ1n) is 12.6. The van der Waals surface area contributed by atoms with Crippen molar-refractivity contribution in [2.45, 2.75) is 65.4 Å². The molecular weight excluding hydrogens is 432 g/mol. The van der Waals surface area contributed by atoms with Crippen molar-refractivity contribution in [1.82, 2.24) is 9.97 Å². The van der Waals surface area contributed by atoms with Crippen LogP contribution >= 0.6 is 0 Å². The van der Waals surface area contributed by atoms with E-state index in [2.05, 4.69) is 95.1 Å². The third kappa shape index (κ3) is 3.50. The van der Waals surface area contributed by atoms with Gasteiger partial charge in [0.1, 0.15) is 23.8 Å². The molecule has 2 aromatic heterocycles. The molecule has 0 fully saturated rings. The molecule has 0 bridgehead atoms. The van der Waals surface area contributed by atoms with Crippen molar-refractivity contribution in [2.24, 2.45) is 5.92 Å². The Morgan fingerprint density at radius 1 is 0.971 bits per heavy atom. The lowest BCUT2D eigenvalue weighted by Crippen LogP contribution is -2.15. The molecule has 2 unspecified atom stereocenters. The minimum absolute atomic E-state index is 0.00984. The van der Waals surface area contributed by atoms with E-state index in [9.17, 15) is 0 Å². The molecular formula is C31H32N2O2. The Morgan fingerprint density at radius 3 is 2.54 bits per heavy atom. The Balaban J connectivity index is 1.65. The van der Waals surface area contributed by atoms with E-state index in [-0.39, 0.29) is 11.5 Å². The quantitative estimate of drug-likeness (QED) is 0.269. The molecule has 3 heterocycles. The van der Waals surface area contributed by atoms with Crippen molar-refractivity contribution in [3.05, 3.63) is 66.0 Å². The zero-order chi connectivity index (χ0) is 24.5. The number of fused-ring (bicyclic) bond motifs is 6. The highest BCUT2D eigenvalue weighted by molar-refractivity contribution is 6.14. The standard InChI is InChI=1S/C31H32N2O2/c1-17(2)13-23-18(3)34-29-22(23)11-12-25-26(29)27-28(32-16-33-30(27)35-25)20-14-19-9-7-8-10-21(19)24(15-20)31(4,5)6/h7-12,14-18,23H,13H2,1-6H3. The zero-order valence-corrected chi connectivity index (χ0v) is 21.3. The van der Waals surface area contributed by atoms with Gasteiger partial charge in [-0.1, -0.05) is 65.0 Å². The Hall–Kier alpha value is -3.40. The summed E-state index contributed by atoms with van der Waals surface area (Å²) in [7, 11) is 0. The van der Waals surface area contributed by atoms with Gasteiger partial charge in [-0.3, -0.25) is 0 Å². The van der Waals surface area contributed by atoms with E-state index in [1.54, 1.807) is 6.33 Å². The van der Waals surface area contributed by atoms with Gasteiger partial charge >= 0.3 is 0 Å². The van der Waals surface area contributed by atoms with Crippen LogP contribution in [0.4, 0.5) is 0 Å². The second-order valence-corrected chi connectivity index (χ2v) is 11.4. The fourth-order valence-electron chi connectivity index (χ4n) is 5.73. The molecule has 4 heteroatoms. The predicted octanol–water partition coefficient (Wildman–Crippen LogP) is 8.40. The molecule has 5 aromatic rings. The molecule has 1 aliphatic heterocycles. The van der Waals surface area contributed by atoms with E-state index in [0.29, 0.717) is 17.5 Å². The predicted molar refractivity (Wildman–Crippen MR) is 143 cm³/mol. The van der Waals surface area contributed by atoms with Crippen LogP contribution in [0.25, 0.3) is 44.1 Å². The van der Waals surface area contributed by atoms with Gasteiger partial charge in [-0.15, -0.1) is 0 Å². The van der Waals surface area contributed by atoms with Crippen molar-refractivity contribution in [1.29, 1.82) is 0 Å². The molecule has 2 atom stereocenters. The second-order valence-electron chi connectivity index (χ2n) is 11.4. The lowest BCUT2D eigenvalue weighted by atomic mass is 9.82. The highest BCUT2D eigenvalue weighted by Crippen LogP contribution is 2.49. The van der Waals surface area contributed by atoms with Gasteiger partial charge in [0.05, 0.1) is 16.5 Å². The van der Waals surface area contributed by atoms with Crippen LogP contribution < -0.4 is 4.74 Å². The largest absolute Gasteiger partial charge is 0.489 e. The van der Waals surface area contributed by atoms with E-state index < -0.39 is 0 Å². The third-order valence-electron chi connectivity index (χ3n) is 7.36. The third-order valence-corrected chi connectivity index (χ3v) is 7.36. The average molecular weight is 465 g/mol. The molecule has 35 heavy (non-hydrogen) atoms. The summed E-state index contributed by atoms with van der Waals surface area (Å²) in [6, 6.07) is 17.4. The van der Waals surface area contributed by atoms with Crippen LogP contribution in [-0.4, -0.2) is 16.1 Å². The van der Waals surface area contributed by atoms with Crippen LogP contribution in [0.5, 0.6) is 5.75 Å². The number of ether oxygens (including phenoxy) is 1. The molecule has 0 saturated heterocycles. The van der Waals surface area contributed by atoms with Crippen molar-refractivity contribution in [3.8, 4) is 17.0 Å². The van der Waals surface area contributed by atoms with Gasteiger partial charge in [0.15, 0.2) is 0 Å². The molecule has 0 spiro atoms. The fraction of sp³-hybridized carbons (Fsp3) is 0.355. The first-order valence-corrected chi connectivity index (χ1v) is 12.6. The van der Waals surface area contributed by atoms with Crippen molar-refractivity contribution < 1.29 is 9.15 Å². The molecule has 0 N–H and O–H groups in total. The lowest BCUT2D eigenvalue weighted by Gasteiger charge is -2.22. The molecule has 0 aliphatic carbocycles. The van der Waals surface area contributed by atoms with E-state index in [1.165, 1.54) is 21.9 Å². The second kappa shape index (κ2) is 7.81. The highest BCUT2D eigenvalue weighted by atomic mass is 16.5. The van der Waals surface area contributed by atoms with Crippen LogP contribution in [0.1, 0.15) is 65.0 Å². The summed E-state index contributed by atoms with van der Waals surface area (Å²) in [5.41, 5.74) is 5.93. The van der Waals surface area contributed by atoms with Gasteiger partial charge in [0.25, 0.3) is 0 Å². The van der Waals surface area contributed by atoms with Crippen LogP contribution in [0.2, 0.25) is 0 Å². The Morgan fingerprint density at radius 2 is 1.77 bits per heavy atom. The normalized spacial score (nSPS) is 18.0. The summed E-state index contributed by atoms with van der Waals surface area (Å²) in [5, 5.41) is 4.42. The van der Waals surface area contributed by atoms with Crippen LogP contribution in [-0.2, 0) is 5.41 Å². The van der Waals surface area contributed by atoms with E-state index in [4.69, 9.17) is 14.1 Å².